The molecule has 0 saturated carbocycles. The van der Waals surface area contributed by atoms with Gasteiger partial charge in [0.15, 0.2) is 0 Å². The molecule has 0 fully saturated rings. The van der Waals surface area contributed by atoms with Crippen molar-refractivity contribution in [2.24, 2.45) is 0 Å². The number of hydrogen-bond donors (Lipinski definition) is 1. The molecule has 3 heteroatoms. The van der Waals surface area contributed by atoms with Gasteiger partial charge in [0.25, 0.3) is 0 Å². The minimum Gasteiger partial charge on any atom is -0.507 e. The van der Waals surface area contributed by atoms with Crippen molar-refractivity contribution in [3.8, 4) is 5.75 Å². The van der Waals surface area contributed by atoms with Crippen LogP contribution in [0.4, 0.5) is 0 Å². The summed E-state index contributed by atoms with van der Waals surface area (Å²) < 4.78 is 4.78. The van der Waals surface area contributed by atoms with Crippen molar-refractivity contribution in [3.63, 3.8) is 0 Å². The monoisotopic (exact) mass is 388 g/mol. The lowest BCUT2D eigenvalue weighted by Crippen LogP contribution is -2.06. The highest BCUT2D eigenvalue weighted by atomic mass is 16.5. The van der Waals surface area contributed by atoms with Crippen LogP contribution in [0.3, 0.4) is 0 Å². The maximum absolute atomic E-state index is 11.8. The number of phenolic OH excluding ortho intramolecular Hbond substituents is 1. The van der Waals surface area contributed by atoms with E-state index in [0.29, 0.717) is 5.56 Å². The van der Waals surface area contributed by atoms with Crippen molar-refractivity contribution in [3.05, 3.63) is 41.5 Å². The molecule has 0 aliphatic rings. The first-order chi connectivity index (χ1) is 13.7. The molecule has 0 bridgehead atoms. The van der Waals surface area contributed by atoms with Gasteiger partial charge in [-0.1, -0.05) is 82.6 Å². The molecule has 0 spiro atoms. The number of unbranched alkanes of at least 4 members (excludes halogenated alkanes) is 11. The topological polar surface area (TPSA) is 46.5 Å². The van der Waals surface area contributed by atoms with Gasteiger partial charge in [0.2, 0.25) is 0 Å². The van der Waals surface area contributed by atoms with E-state index in [4.69, 9.17) is 4.74 Å². The number of esters is 1. The zero-order valence-corrected chi connectivity index (χ0v) is 18.0. The first kappa shape index (κ1) is 24.3. The van der Waals surface area contributed by atoms with Crippen molar-refractivity contribution in [2.75, 3.05) is 7.11 Å². The minimum absolute atomic E-state index is 0.0133. The zero-order chi connectivity index (χ0) is 20.5. The highest BCUT2D eigenvalue weighted by molar-refractivity contribution is 5.94. The molecular weight excluding hydrogens is 348 g/mol. The molecule has 1 aromatic carbocycles. The van der Waals surface area contributed by atoms with E-state index in [1.165, 1.54) is 83.8 Å². The summed E-state index contributed by atoms with van der Waals surface area (Å²) in [7, 11) is 1.35. The number of rotatable bonds is 16. The summed E-state index contributed by atoms with van der Waals surface area (Å²) in [5, 5.41) is 9.91. The van der Waals surface area contributed by atoms with Crippen molar-refractivity contribution in [2.45, 2.75) is 96.8 Å². The van der Waals surface area contributed by atoms with Gasteiger partial charge < -0.3 is 9.84 Å². The quantitative estimate of drug-likeness (QED) is 0.183. The molecule has 3 nitrogen and oxygen atoms in total. The highest BCUT2D eigenvalue weighted by Crippen LogP contribution is 2.24. The van der Waals surface area contributed by atoms with E-state index in [2.05, 4.69) is 19.1 Å². The first-order valence-electron chi connectivity index (χ1n) is 11.2. The third-order valence-electron chi connectivity index (χ3n) is 5.23. The van der Waals surface area contributed by atoms with E-state index in [1.807, 2.05) is 6.07 Å². The number of hydrogen-bond acceptors (Lipinski definition) is 3. The Labute approximate surface area is 172 Å². The van der Waals surface area contributed by atoms with Crippen molar-refractivity contribution < 1.29 is 14.6 Å². The van der Waals surface area contributed by atoms with Crippen LogP contribution in [0.5, 0.6) is 5.75 Å². The van der Waals surface area contributed by atoms with Gasteiger partial charge in [-0.25, -0.2) is 4.79 Å². The Kier molecular flexibility index (Phi) is 14.0. The number of allylic oxidation sites excluding steroid dienone is 2. The molecule has 0 aromatic heterocycles. The van der Waals surface area contributed by atoms with Crippen LogP contribution in [-0.2, 0) is 11.2 Å². The lowest BCUT2D eigenvalue weighted by Gasteiger charge is -2.09. The van der Waals surface area contributed by atoms with E-state index < -0.39 is 5.97 Å². The zero-order valence-electron chi connectivity index (χ0n) is 18.0. The third-order valence-corrected chi connectivity index (χ3v) is 5.23. The van der Waals surface area contributed by atoms with Gasteiger partial charge in [0.05, 0.1) is 7.11 Å². The summed E-state index contributed by atoms with van der Waals surface area (Å²) in [5.41, 5.74) is 1.21. The molecule has 28 heavy (non-hydrogen) atoms. The van der Waals surface area contributed by atoms with E-state index in [-0.39, 0.29) is 5.75 Å². The van der Waals surface area contributed by atoms with Crippen LogP contribution in [-0.4, -0.2) is 18.2 Å². The normalized spacial score (nSPS) is 11.2. The molecule has 0 amide bonds. The Hall–Kier alpha value is -1.77. The largest absolute Gasteiger partial charge is 0.507 e. The Balaban J connectivity index is 2.04. The Morgan fingerprint density at radius 1 is 0.893 bits per heavy atom. The van der Waals surface area contributed by atoms with Crippen LogP contribution >= 0.6 is 0 Å². The number of carbonyl (C=O) groups is 1. The fourth-order valence-electron chi connectivity index (χ4n) is 3.52. The molecule has 0 radical (unpaired) electrons. The number of benzene rings is 1. The second kappa shape index (κ2) is 16.2. The van der Waals surface area contributed by atoms with Gasteiger partial charge >= 0.3 is 5.97 Å². The second-order valence-corrected chi connectivity index (χ2v) is 7.64. The average molecular weight is 389 g/mol. The van der Waals surface area contributed by atoms with Gasteiger partial charge in [0, 0.05) is 0 Å². The molecule has 158 valence electrons. The second-order valence-electron chi connectivity index (χ2n) is 7.64. The molecule has 0 heterocycles. The number of carbonyl (C=O) groups excluding carboxylic acids is 1. The fourth-order valence-corrected chi connectivity index (χ4v) is 3.52. The first-order valence-corrected chi connectivity index (χ1v) is 11.2. The van der Waals surface area contributed by atoms with Gasteiger partial charge in [-0.3, -0.25) is 0 Å². The summed E-state index contributed by atoms with van der Waals surface area (Å²) in [6.07, 6.45) is 22.0. The van der Waals surface area contributed by atoms with E-state index in [0.717, 1.165) is 24.8 Å². The summed E-state index contributed by atoms with van der Waals surface area (Å²) >= 11 is 0. The summed E-state index contributed by atoms with van der Waals surface area (Å²) in [6.45, 7) is 2.26. The summed E-state index contributed by atoms with van der Waals surface area (Å²) in [6, 6.07) is 5.23. The van der Waals surface area contributed by atoms with Crippen LogP contribution in [0.2, 0.25) is 0 Å². The Bertz CT molecular complexity index is 563. The number of phenols is 1. The Morgan fingerprint density at radius 3 is 2.07 bits per heavy atom. The summed E-state index contributed by atoms with van der Waals surface area (Å²) in [4.78, 5) is 11.8. The van der Waals surface area contributed by atoms with Crippen LogP contribution in [0.15, 0.2) is 30.4 Å². The molecule has 1 rings (SSSR count). The number of ether oxygens (including phenoxy) is 1. The number of aryl methyl sites for hydroxylation is 1. The van der Waals surface area contributed by atoms with E-state index in [9.17, 15) is 9.90 Å². The van der Waals surface area contributed by atoms with Crippen molar-refractivity contribution >= 4 is 5.97 Å². The third kappa shape index (κ3) is 10.5. The molecule has 0 unspecified atom stereocenters. The predicted octanol–water partition coefficient (Wildman–Crippen LogP) is 7.37. The summed E-state index contributed by atoms with van der Waals surface area (Å²) in [5.74, 6) is -0.442. The van der Waals surface area contributed by atoms with E-state index >= 15 is 0 Å². The van der Waals surface area contributed by atoms with Gasteiger partial charge in [-0.15, -0.1) is 0 Å². The molecule has 1 aromatic rings. The molecule has 1 N–H and O–H groups in total. The molecular formula is C25H40O3. The predicted molar refractivity (Wildman–Crippen MR) is 118 cm³/mol. The standard InChI is InChI=1S/C25H40O3/c1-3-4-5-6-7-8-9-10-11-12-13-14-15-16-17-19-22-20-18-21-23(26)24(22)25(27)28-2/h8-9,18,20-21,26H,3-7,10-17,19H2,1-2H3. The number of methoxy groups -OCH3 is 1. The SMILES string of the molecule is CCCCCCC=CCCCCCCCCCc1cccc(O)c1C(=O)OC. The smallest absolute Gasteiger partial charge is 0.341 e. The van der Waals surface area contributed by atoms with Crippen molar-refractivity contribution in [1.29, 1.82) is 0 Å². The van der Waals surface area contributed by atoms with Crippen molar-refractivity contribution in [1.82, 2.24) is 0 Å². The maximum atomic E-state index is 11.8. The van der Waals surface area contributed by atoms with Crippen LogP contribution < -0.4 is 0 Å². The molecule has 0 saturated heterocycles. The maximum Gasteiger partial charge on any atom is 0.341 e. The van der Waals surface area contributed by atoms with Gasteiger partial charge in [0.1, 0.15) is 11.3 Å². The molecule has 0 aliphatic carbocycles. The van der Waals surface area contributed by atoms with Crippen LogP contribution in [0.25, 0.3) is 0 Å². The molecule has 0 aliphatic heterocycles. The van der Waals surface area contributed by atoms with Crippen LogP contribution in [0.1, 0.15) is 106 Å². The number of aromatic hydroxyl groups is 1. The lowest BCUT2D eigenvalue weighted by atomic mass is 9.99. The van der Waals surface area contributed by atoms with Crippen LogP contribution in [0, 0.1) is 0 Å². The molecule has 0 atom stereocenters. The van der Waals surface area contributed by atoms with E-state index in [1.54, 1.807) is 6.07 Å². The highest BCUT2D eigenvalue weighted by Gasteiger charge is 2.16. The fraction of sp³-hybridized carbons (Fsp3) is 0.640. The van der Waals surface area contributed by atoms with Gasteiger partial charge in [-0.05, 0) is 50.2 Å². The average Bonchev–Trinajstić information content (AvgIpc) is 2.70. The lowest BCUT2D eigenvalue weighted by molar-refractivity contribution is 0.0596. The Morgan fingerprint density at radius 2 is 1.46 bits per heavy atom. The van der Waals surface area contributed by atoms with Gasteiger partial charge in [-0.2, -0.15) is 0 Å². The minimum atomic E-state index is -0.455.